The Balaban J connectivity index is 1.92. The summed E-state index contributed by atoms with van der Waals surface area (Å²) in [7, 11) is -3.99. The molecule has 1 aliphatic carbocycles. The van der Waals surface area contributed by atoms with Gasteiger partial charge in [-0.1, -0.05) is 24.3 Å². The number of halogens is 3. The molecule has 0 saturated heterocycles. The zero-order valence-corrected chi connectivity index (χ0v) is 12.1. The van der Waals surface area contributed by atoms with Gasteiger partial charge in [-0.2, -0.15) is 13.2 Å². The van der Waals surface area contributed by atoms with Gasteiger partial charge < -0.3 is 5.32 Å². The first kappa shape index (κ1) is 16.3. The number of hydrogen-bond acceptors (Lipinski definition) is 3. The van der Waals surface area contributed by atoms with E-state index >= 15 is 0 Å². The number of rotatable bonds is 7. The van der Waals surface area contributed by atoms with Gasteiger partial charge in [0, 0.05) is 12.6 Å². The average molecular weight is 322 g/mol. The molecule has 0 amide bonds. The Morgan fingerprint density at radius 2 is 1.86 bits per heavy atom. The van der Waals surface area contributed by atoms with Crippen LogP contribution < -0.4 is 10.0 Å². The molecule has 1 aliphatic rings. The lowest BCUT2D eigenvalue weighted by molar-refractivity contribution is -0.121. The van der Waals surface area contributed by atoms with E-state index in [1.807, 2.05) is 6.07 Å². The SMILES string of the molecule is O=S(=O)(Cc1cccc(CNC2CC2)c1)NCC(F)(F)F. The summed E-state index contributed by atoms with van der Waals surface area (Å²) in [4.78, 5) is 0. The smallest absolute Gasteiger partial charge is 0.310 e. The molecule has 2 rings (SSSR count). The second-order valence-corrected chi connectivity index (χ2v) is 6.98. The molecule has 2 N–H and O–H groups in total. The van der Waals surface area contributed by atoms with Gasteiger partial charge in [-0.3, -0.25) is 0 Å². The molecule has 118 valence electrons. The van der Waals surface area contributed by atoms with Gasteiger partial charge in [0.2, 0.25) is 10.0 Å². The Kier molecular flexibility index (Phi) is 4.90. The summed E-state index contributed by atoms with van der Waals surface area (Å²) in [6.07, 6.45) is -2.26. The van der Waals surface area contributed by atoms with Crippen molar-refractivity contribution in [3.05, 3.63) is 35.4 Å². The Labute approximate surface area is 121 Å². The highest BCUT2D eigenvalue weighted by molar-refractivity contribution is 7.88. The fourth-order valence-electron chi connectivity index (χ4n) is 1.84. The summed E-state index contributed by atoms with van der Waals surface area (Å²) < 4.78 is 60.9. The lowest BCUT2D eigenvalue weighted by Crippen LogP contribution is -2.34. The zero-order valence-electron chi connectivity index (χ0n) is 11.3. The van der Waals surface area contributed by atoms with Crippen molar-refractivity contribution in [2.45, 2.75) is 37.4 Å². The second-order valence-electron chi connectivity index (χ2n) is 5.17. The summed E-state index contributed by atoms with van der Waals surface area (Å²) in [5.74, 6) is -0.458. The third kappa shape index (κ3) is 6.45. The molecule has 0 bridgehead atoms. The maximum Gasteiger partial charge on any atom is 0.402 e. The monoisotopic (exact) mass is 322 g/mol. The highest BCUT2D eigenvalue weighted by Gasteiger charge is 2.29. The van der Waals surface area contributed by atoms with E-state index in [1.54, 1.807) is 22.9 Å². The van der Waals surface area contributed by atoms with Crippen molar-refractivity contribution in [1.82, 2.24) is 10.0 Å². The fraction of sp³-hybridized carbons (Fsp3) is 0.538. The van der Waals surface area contributed by atoms with Crippen LogP contribution >= 0.6 is 0 Å². The van der Waals surface area contributed by atoms with Gasteiger partial charge in [0.1, 0.15) is 6.54 Å². The topological polar surface area (TPSA) is 58.2 Å². The lowest BCUT2D eigenvalue weighted by Gasteiger charge is -2.10. The van der Waals surface area contributed by atoms with Crippen LogP contribution in [0.1, 0.15) is 24.0 Å². The highest BCUT2D eigenvalue weighted by atomic mass is 32.2. The van der Waals surface area contributed by atoms with E-state index in [9.17, 15) is 21.6 Å². The van der Waals surface area contributed by atoms with Crippen molar-refractivity contribution in [1.29, 1.82) is 0 Å². The van der Waals surface area contributed by atoms with Gasteiger partial charge in [-0.25, -0.2) is 13.1 Å². The summed E-state index contributed by atoms with van der Waals surface area (Å²) >= 11 is 0. The molecule has 0 atom stereocenters. The second kappa shape index (κ2) is 6.33. The third-order valence-corrected chi connectivity index (χ3v) is 4.31. The van der Waals surface area contributed by atoms with Crippen molar-refractivity contribution >= 4 is 10.0 Å². The van der Waals surface area contributed by atoms with E-state index in [-0.39, 0.29) is 0 Å². The molecule has 0 aromatic heterocycles. The van der Waals surface area contributed by atoms with E-state index < -0.39 is 28.5 Å². The third-order valence-electron chi connectivity index (χ3n) is 3.01. The minimum Gasteiger partial charge on any atom is -0.310 e. The first-order chi connectivity index (χ1) is 9.73. The van der Waals surface area contributed by atoms with Gasteiger partial charge in [-0.05, 0) is 24.0 Å². The molecule has 8 heteroatoms. The molecule has 0 spiro atoms. The van der Waals surface area contributed by atoms with E-state index in [0.717, 1.165) is 18.4 Å². The molecule has 0 radical (unpaired) electrons. The molecular formula is C13H17F3N2O2S. The Hall–Kier alpha value is -1.12. The molecule has 1 fully saturated rings. The molecule has 0 aliphatic heterocycles. The van der Waals surface area contributed by atoms with Crippen molar-refractivity contribution in [3.8, 4) is 0 Å². The quantitative estimate of drug-likeness (QED) is 0.806. The van der Waals surface area contributed by atoms with E-state index in [0.29, 0.717) is 18.2 Å². The summed E-state index contributed by atoms with van der Waals surface area (Å²) in [6.45, 7) is -0.910. The number of sulfonamides is 1. The molecule has 1 aromatic rings. The van der Waals surface area contributed by atoms with Gasteiger partial charge in [0.05, 0.1) is 5.75 Å². The molecule has 1 aromatic carbocycles. The zero-order chi connectivity index (χ0) is 15.5. The molecule has 0 unspecified atom stereocenters. The maximum atomic E-state index is 12.0. The predicted octanol–water partition coefficient (Wildman–Crippen LogP) is 1.92. The number of benzene rings is 1. The standard InChI is InChI=1S/C13H17F3N2O2S/c14-13(15,16)9-18-21(19,20)8-11-3-1-2-10(6-11)7-17-12-4-5-12/h1-3,6,12,17-18H,4-5,7-9H2. The average Bonchev–Trinajstić information content (AvgIpc) is 3.17. The van der Waals surface area contributed by atoms with Crippen LogP contribution in [0, 0.1) is 0 Å². The van der Waals surface area contributed by atoms with Crippen molar-refractivity contribution < 1.29 is 21.6 Å². The van der Waals surface area contributed by atoms with Crippen LogP contribution in [0.5, 0.6) is 0 Å². The van der Waals surface area contributed by atoms with E-state index in [2.05, 4.69) is 5.32 Å². The number of hydrogen-bond donors (Lipinski definition) is 2. The van der Waals surface area contributed by atoms with Crippen molar-refractivity contribution in [2.24, 2.45) is 0 Å². The van der Waals surface area contributed by atoms with Crippen LogP contribution in [0.15, 0.2) is 24.3 Å². The van der Waals surface area contributed by atoms with Crippen LogP contribution in [0.25, 0.3) is 0 Å². The van der Waals surface area contributed by atoms with Gasteiger partial charge in [0.15, 0.2) is 0 Å². The minimum atomic E-state index is -4.55. The first-order valence-corrected chi connectivity index (χ1v) is 8.24. The minimum absolute atomic E-state index is 0.458. The Bertz CT molecular complexity index is 583. The Morgan fingerprint density at radius 3 is 2.48 bits per heavy atom. The summed E-state index contributed by atoms with van der Waals surface area (Å²) in [5, 5.41) is 3.29. The summed E-state index contributed by atoms with van der Waals surface area (Å²) in [5.41, 5.74) is 1.39. The molecule has 21 heavy (non-hydrogen) atoms. The summed E-state index contributed by atoms with van der Waals surface area (Å²) in [6, 6.07) is 7.38. The number of alkyl halides is 3. The Morgan fingerprint density at radius 1 is 1.19 bits per heavy atom. The van der Waals surface area contributed by atoms with Crippen molar-refractivity contribution in [2.75, 3.05) is 6.54 Å². The van der Waals surface area contributed by atoms with E-state index in [4.69, 9.17) is 0 Å². The molecular weight excluding hydrogens is 305 g/mol. The van der Waals surface area contributed by atoms with Crippen LogP contribution in [-0.2, 0) is 22.3 Å². The normalized spacial score (nSPS) is 16.1. The molecule has 0 heterocycles. The van der Waals surface area contributed by atoms with Gasteiger partial charge in [-0.15, -0.1) is 0 Å². The van der Waals surface area contributed by atoms with Crippen LogP contribution in [0.2, 0.25) is 0 Å². The maximum absolute atomic E-state index is 12.0. The predicted molar refractivity (Wildman–Crippen MR) is 73.0 cm³/mol. The molecule has 1 saturated carbocycles. The van der Waals surface area contributed by atoms with Crippen molar-refractivity contribution in [3.63, 3.8) is 0 Å². The fourth-order valence-corrected chi connectivity index (χ4v) is 2.95. The van der Waals surface area contributed by atoms with E-state index in [1.165, 1.54) is 0 Å². The van der Waals surface area contributed by atoms with Crippen LogP contribution in [-0.4, -0.2) is 27.2 Å². The first-order valence-electron chi connectivity index (χ1n) is 6.59. The lowest BCUT2D eigenvalue weighted by atomic mass is 10.1. The van der Waals surface area contributed by atoms with Crippen LogP contribution in [0.3, 0.4) is 0 Å². The highest BCUT2D eigenvalue weighted by Crippen LogP contribution is 2.19. The largest absolute Gasteiger partial charge is 0.402 e. The number of nitrogens with one attached hydrogen (secondary N) is 2. The van der Waals surface area contributed by atoms with Crippen LogP contribution in [0.4, 0.5) is 13.2 Å². The molecule has 4 nitrogen and oxygen atoms in total. The van der Waals surface area contributed by atoms with Gasteiger partial charge >= 0.3 is 6.18 Å². The van der Waals surface area contributed by atoms with Gasteiger partial charge in [0.25, 0.3) is 0 Å².